The van der Waals surface area contributed by atoms with Crippen molar-refractivity contribution in [1.29, 1.82) is 0 Å². The molecule has 0 unspecified atom stereocenters. The zero-order chi connectivity index (χ0) is 15.7. The first-order valence-electron chi connectivity index (χ1n) is 6.75. The van der Waals surface area contributed by atoms with Crippen LogP contribution in [0.1, 0.15) is 25.8 Å². The van der Waals surface area contributed by atoms with Gasteiger partial charge in [-0.3, -0.25) is 0 Å². The van der Waals surface area contributed by atoms with Gasteiger partial charge in [0.05, 0.1) is 4.90 Å². The summed E-state index contributed by atoms with van der Waals surface area (Å²) in [5.41, 5.74) is 0.643. The molecular formula is C14H19Cl2NO2S2. The van der Waals surface area contributed by atoms with Crippen molar-refractivity contribution < 1.29 is 8.42 Å². The summed E-state index contributed by atoms with van der Waals surface area (Å²) in [6.45, 7) is 5.39. The zero-order valence-electron chi connectivity index (χ0n) is 12.1. The van der Waals surface area contributed by atoms with Crippen LogP contribution in [-0.2, 0) is 15.9 Å². The first-order valence-corrected chi connectivity index (χ1v) is 10.1. The molecule has 21 heavy (non-hydrogen) atoms. The molecule has 1 aliphatic heterocycles. The molecule has 118 valence electrons. The van der Waals surface area contributed by atoms with Crippen molar-refractivity contribution in [1.82, 2.24) is 4.31 Å². The van der Waals surface area contributed by atoms with E-state index in [1.807, 2.05) is 11.8 Å². The van der Waals surface area contributed by atoms with E-state index in [2.05, 4.69) is 13.8 Å². The molecule has 1 aliphatic rings. The van der Waals surface area contributed by atoms with E-state index in [0.29, 0.717) is 23.7 Å². The number of sulfonamides is 1. The smallest absolute Gasteiger partial charge is 0.207 e. The summed E-state index contributed by atoms with van der Waals surface area (Å²) in [7, 11) is -3.48. The van der Waals surface area contributed by atoms with Gasteiger partial charge in [0.15, 0.2) is 0 Å². The Hall–Kier alpha value is 0.0600. The van der Waals surface area contributed by atoms with Gasteiger partial charge in [-0.15, -0.1) is 11.6 Å². The van der Waals surface area contributed by atoms with Crippen LogP contribution < -0.4 is 0 Å². The fraction of sp³-hybridized carbons (Fsp3) is 0.571. The van der Waals surface area contributed by atoms with Crippen LogP contribution in [0.5, 0.6) is 0 Å². The molecule has 3 nitrogen and oxygen atoms in total. The van der Waals surface area contributed by atoms with Crippen molar-refractivity contribution in [3.8, 4) is 0 Å². The van der Waals surface area contributed by atoms with Crippen LogP contribution in [0, 0.1) is 0 Å². The van der Waals surface area contributed by atoms with Crippen molar-refractivity contribution >= 4 is 45.0 Å². The third kappa shape index (κ3) is 4.08. The Bertz CT molecular complexity index is 617. The SMILES string of the molecule is CC1(C)CCN(S(=O)(=O)c2ccc(Cl)c(CCl)c2)CCS1. The van der Waals surface area contributed by atoms with Gasteiger partial charge < -0.3 is 0 Å². The predicted molar refractivity (Wildman–Crippen MR) is 90.9 cm³/mol. The van der Waals surface area contributed by atoms with E-state index in [9.17, 15) is 8.42 Å². The average Bonchev–Trinajstić information content (AvgIpc) is 2.60. The Morgan fingerprint density at radius 2 is 2.05 bits per heavy atom. The zero-order valence-corrected chi connectivity index (χ0v) is 15.2. The lowest BCUT2D eigenvalue weighted by atomic mass is 10.1. The Kier molecular flexibility index (Phi) is 5.53. The van der Waals surface area contributed by atoms with Gasteiger partial charge in [0, 0.05) is 34.5 Å². The van der Waals surface area contributed by atoms with Crippen LogP contribution in [0.15, 0.2) is 23.1 Å². The van der Waals surface area contributed by atoms with Gasteiger partial charge in [0.2, 0.25) is 10.0 Å². The largest absolute Gasteiger partial charge is 0.243 e. The maximum Gasteiger partial charge on any atom is 0.243 e. The van der Waals surface area contributed by atoms with Crippen molar-refractivity contribution in [3.63, 3.8) is 0 Å². The minimum Gasteiger partial charge on any atom is -0.207 e. The Labute approximate surface area is 141 Å². The first-order chi connectivity index (χ1) is 9.76. The number of alkyl halides is 1. The van der Waals surface area contributed by atoms with Gasteiger partial charge in [-0.25, -0.2) is 8.42 Å². The second-order valence-electron chi connectivity index (χ2n) is 5.65. The summed E-state index contributed by atoms with van der Waals surface area (Å²) in [6.07, 6.45) is 0.840. The maximum absolute atomic E-state index is 12.8. The van der Waals surface area contributed by atoms with Gasteiger partial charge in [0.1, 0.15) is 0 Å². The average molecular weight is 368 g/mol. The van der Waals surface area contributed by atoms with Crippen LogP contribution in [0.4, 0.5) is 0 Å². The van der Waals surface area contributed by atoms with Gasteiger partial charge in [-0.2, -0.15) is 16.1 Å². The molecule has 0 N–H and O–H groups in total. The fourth-order valence-electron chi connectivity index (χ4n) is 2.21. The summed E-state index contributed by atoms with van der Waals surface area (Å²) < 4.78 is 27.2. The highest BCUT2D eigenvalue weighted by Crippen LogP contribution is 2.33. The first kappa shape index (κ1) is 17.4. The fourth-order valence-corrected chi connectivity index (χ4v) is 5.39. The minimum absolute atomic E-state index is 0.117. The molecule has 7 heteroatoms. The molecule has 1 aromatic rings. The molecule has 1 aromatic carbocycles. The molecule has 0 aromatic heterocycles. The molecule has 1 fully saturated rings. The minimum atomic E-state index is -3.48. The van der Waals surface area contributed by atoms with Gasteiger partial charge in [-0.1, -0.05) is 25.4 Å². The van der Waals surface area contributed by atoms with Crippen LogP contribution in [-0.4, -0.2) is 36.3 Å². The number of halogens is 2. The van der Waals surface area contributed by atoms with Crippen molar-refractivity contribution in [3.05, 3.63) is 28.8 Å². The molecule has 1 saturated heterocycles. The Morgan fingerprint density at radius 3 is 2.71 bits per heavy atom. The van der Waals surface area contributed by atoms with Crippen LogP contribution in [0.2, 0.25) is 5.02 Å². The summed E-state index contributed by atoms with van der Waals surface area (Å²) in [6, 6.07) is 4.73. The van der Waals surface area contributed by atoms with E-state index < -0.39 is 10.0 Å². The molecule has 2 rings (SSSR count). The van der Waals surface area contributed by atoms with E-state index in [4.69, 9.17) is 23.2 Å². The molecule has 0 amide bonds. The van der Waals surface area contributed by atoms with Gasteiger partial charge >= 0.3 is 0 Å². The molecule has 1 heterocycles. The monoisotopic (exact) mass is 367 g/mol. The molecular weight excluding hydrogens is 349 g/mol. The summed E-state index contributed by atoms with van der Waals surface area (Å²) >= 11 is 13.6. The standard InChI is InChI=1S/C14H19Cl2NO2S2/c1-14(2)5-6-17(7-8-20-14)21(18,19)12-3-4-13(16)11(9-12)10-15/h3-4,9H,5-8,10H2,1-2H3. The van der Waals surface area contributed by atoms with Crippen molar-refractivity contribution in [2.24, 2.45) is 0 Å². The van der Waals surface area contributed by atoms with E-state index >= 15 is 0 Å². The normalized spacial score (nSPS) is 20.2. The van der Waals surface area contributed by atoms with E-state index in [1.54, 1.807) is 22.5 Å². The number of thioether (sulfide) groups is 1. The van der Waals surface area contributed by atoms with Crippen molar-refractivity contribution in [2.45, 2.75) is 35.8 Å². The lowest BCUT2D eigenvalue weighted by molar-refractivity contribution is 0.415. The van der Waals surface area contributed by atoms with E-state index in [1.165, 1.54) is 0 Å². The Morgan fingerprint density at radius 1 is 1.33 bits per heavy atom. The third-order valence-corrected chi connectivity index (χ3v) is 7.52. The second-order valence-corrected chi connectivity index (χ2v) is 10.1. The van der Waals surface area contributed by atoms with Crippen molar-refractivity contribution in [2.75, 3.05) is 18.8 Å². The van der Waals surface area contributed by atoms with Crippen LogP contribution in [0.3, 0.4) is 0 Å². The summed E-state index contributed by atoms with van der Waals surface area (Å²) in [5.74, 6) is 1.01. The van der Waals surface area contributed by atoms with Gasteiger partial charge in [0.25, 0.3) is 0 Å². The Balaban J connectivity index is 2.29. The number of hydrogen-bond acceptors (Lipinski definition) is 3. The van der Waals surface area contributed by atoms with E-state index in [-0.39, 0.29) is 15.5 Å². The highest BCUT2D eigenvalue weighted by molar-refractivity contribution is 8.00. The maximum atomic E-state index is 12.8. The second kappa shape index (κ2) is 6.67. The topological polar surface area (TPSA) is 37.4 Å². The van der Waals surface area contributed by atoms with Crippen LogP contribution >= 0.6 is 35.0 Å². The molecule has 0 saturated carbocycles. The number of benzene rings is 1. The summed E-state index contributed by atoms with van der Waals surface area (Å²) in [5, 5.41) is 0.497. The predicted octanol–water partition coefficient (Wildman–Crippen LogP) is 3.99. The number of nitrogens with zero attached hydrogens (tertiary/aromatic N) is 1. The quantitative estimate of drug-likeness (QED) is 0.758. The summed E-state index contributed by atoms with van der Waals surface area (Å²) in [4.78, 5) is 0.271. The molecule has 0 bridgehead atoms. The van der Waals surface area contributed by atoms with Crippen LogP contribution in [0.25, 0.3) is 0 Å². The molecule has 0 spiro atoms. The van der Waals surface area contributed by atoms with E-state index in [0.717, 1.165) is 12.2 Å². The number of hydrogen-bond donors (Lipinski definition) is 0. The molecule has 0 aliphatic carbocycles. The van der Waals surface area contributed by atoms with Gasteiger partial charge in [-0.05, 0) is 30.2 Å². The lowest BCUT2D eigenvalue weighted by Crippen LogP contribution is -2.33. The highest BCUT2D eigenvalue weighted by atomic mass is 35.5. The molecule has 0 atom stereocenters. The lowest BCUT2D eigenvalue weighted by Gasteiger charge is -2.22. The third-order valence-electron chi connectivity index (χ3n) is 3.60. The number of rotatable bonds is 3. The highest BCUT2D eigenvalue weighted by Gasteiger charge is 2.31. The molecule has 0 radical (unpaired) electrons.